The lowest BCUT2D eigenvalue weighted by molar-refractivity contribution is 1.01. The van der Waals surface area contributed by atoms with Gasteiger partial charge < -0.3 is 4.57 Å². The summed E-state index contributed by atoms with van der Waals surface area (Å²) in [6.45, 7) is 1.31. The molecule has 0 aliphatic carbocycles. The highest BCUT2D eigenvalue weighted by Crippen LogP contribution is 2.42. The molecule has 230 valence electrons. The van der Waals surface area contributed by atoms with Crippen LogP contribution < -0.4 is 0 Å². The molecule has 0 saturated carbocycles. The lowest BCUT2D eigenvalue weighted by atomic mass is 10.0. The minimum absolute atomic E-state index is 0.0759. The Hall–Kier alpha value is -6.52. The van der Waals surface area contributed by atoms with Crippen molar-refractivity contribution in [3.63, 3.8) is 0 Å². The van der Waals surface area contributed by atoms with Gasteiger partial charge in [-0.2, -0.15) is 0 Å². The molecular formula is C45H30N4. The minimum Gasteiger partial charge on any atom is -0.309 e. The lowest BCUT2D eigenvalue weighted by Crippen LogP contribution is -2.03. The molecule has 0 aliphatic heterocycles. The van der Waals surface area contributed by atoms with Crippen LogP contribution in [0, 0.1) is 6.92 Å². The van der Waals surface area contributed by atoms with Gasteiger partial charge in [-0.3, -0.25) is 4.57 Å². The maximum atomic E-state index is 9.77. The number of hydrogen-bond acceptors (Lipinski definition) is 2. The maximum absolute atomic E-state index is 9.77. The van der Waals surface area contributed by atoms with E-state index in [1.165, 1.54) is 6.92 Å². The standard InChI is InChI=1S/C45H30N4/c1-29-19-21-30(22-20-29)31-23-25-32(26-24-31)44-34-13-5-8-16-37(34)46-45(47-44)49-39-18-10-7-15-36(39)43-41(49)28-27-40-42(43)35-14-6-9-17-38(35)48(40)33-11-3-2-4-12-33/h2-28H,1H3/i2D,3D,4D,5D,6D,7D,8D,9D,10D,11D,12D,13D,14D,15D,16D,17D,18D,19D,20D,21D,22D,23D,24D,25D,26D,27D,28D. The fourth-order valence-corrected chi connectivity index (χ4v) is 5.79. The summed E-state index contributed by atoms with van der Waals surface area (Å²) >= 11 is 0. The second-order valence-corrected chi connectivity index (χ2v) is 10.6. The van der Waals surface area contributed by atoms with Crippen molar-refractivity contribution in [2.45, 2.75) is 6.92 Å². The summed E-state index contributed by atoms with van der Waals surface area (Å²) in [6, 6.07) is -23.2. The third-order valence-corrected chi connectivity index (χ3v) is 7.85. The minimum atomic E-state index is -0.984. The Balaban J connectivity index is 1.48. The average molecular weight is 654 g/mol. The summed E-state index contributed by atoms with van der Waals surface area (Å²) in [5, 5.41) is -2.57. The smallest absolute Gasteiger partial charge is 0.235 e. The lowest BCUT2D eigenvalue weighted by Gasteiger charge is -2.12. The van der Waals surface area contributed by atoms with Crippen molar-refractivity contribution < 1.29 is 37.0 Å². The van der Waals surface area contributed by atoms with Gasteiger partial charge in [0.1, 0.15) is 0 Å². The number of hydrogen-bond donors (Lipinski definition) is 0. The summed E-state index contributed by atoms with van der Waals surface area (Å²) in [4.78, 5) is 9.08. The normalized spacial score (nSPS) is 19.5. The molecule has 3 aromatic heterocycles. The van der Waals surface area contributed by atoms with E-state index in [9.17, 15) is 12.3 Å². The molecule has 0 atom stereocenters. The Kier molecular flexibility index (Phi) is 2.61. The van der Waals surface area contributed by atoms with Gasteiger partial charge in [0.2, 0.25) is 5.95 Å². The molecule has 10 rings (SSSR count). The molecule has 0 fully saturated rings. The van der Waals surface area contributed by atoms with E-state index in [1.807, 2.05) is 0 Å². The molecule has 4 heteroatoms. The quantitative estimate of drug-likeness (QED) is 0.189. The number of rotatable bonds is 4. The fraction of sp³-hybridized carbons (Fsp3) is 0.0222. The van der Waals surface area contributed by atoms with E-state index < -0.39 is 252 Å². The van der Waals surface area contributed by atoms with Crippen molar-refractivity contribution in [3.05, 3.63) is 169 Å². The van der Waals surface area contributed by atoms with Crippen LogP contribution in [0.15, 0.2) is 163 Å². The van der Waals surface area contributed by atoms with E-state index in [0.29, 0.717) is 0 Å². The summed E-state index contributed by atoms with van der Waals surface area (Å²) in [5.74, 6) is -0.847. The van der Waals surface area contributed by atoms with E-state index in [2.05, 4.69) is 9.97 Å². The molecule has 0 amide bonds. The first kappa shape index (κ1) is 11.9. The van der Waals surface area contributed by atoms with Crippen molar-refractivity contribution in [3.8, 4) is 34.0 Å². The first-order valence-electron chi connectivity index (χ1n) is 28.0. The molecule has 10 aromatic rings. The van der Waals surface area contributed by atoms with Gasteiger partial charge >= 0.3 is 0 Å². The highest BCUT2D eigenvalue weighted by molar-refractivity contribution is 6.28. The average Bonchev–Trinajstić information content (AvgIpc) is 4.12. The summed E-state index contributed by atoms with van der Waals surface area (Å²) in [6.07, 6.45) is 0. The van der Waals surface area contributed by atoms with Crippen molar-refractivity contribution in [2.24, 2.45) is 0 Å². The summed E-state index contributed by atoms with van der Waals surface area (Å²) in [7, 11) is 0. The Morgan fingerprint density at radius 1 is 0.429 bits per heavy atom. The van der Waals surface area contributed by atoms with E-state index in [1.54, 1.807) is 0 Å². The van der Waals surface area contributed by atoms with Gasteiger partial charge in [0.15, 0.2) is 0 Å². The predicted molar refractivity (Wildman–Crippen MR) is 204 cm³/mol. The van der Waals surface area contributed by atoms with Gasteiger partial charge in [-0.25, -0.2) is 9.97 Å². The third kappa shape index (κ3) is 4.24. The SMILES string of the molecule is [2H]c1c([2H])c([2H])c(-n2c3c([2H])c([2H])c([2H])c([2H])c3c3c4c5c([2H])c([2H])c([2H])c([2H])c5n(-c5nc(-c6c([2H])c([2H])c(-c7c([2H])c([2H])c(C)c([2H])c7[2H])c([2H])c6[2H])c6c([2H])c([2H])c([2H])c([2H])c6n5)c4c([2H])c([2H])c32)c([2H])c1[2H]. The number of para-hydroxylation sites is 4. The topological polar surface area (TPSA) is 35.6 Å². The zero-order chi connectivity index (χ0) is 56.0. The Labute approximate surface area is 321 Å². The van der Waals surface area contributed by atoms with Gasteiger partial charge in [0.25, 0.3) is 0 Å². The van der Waals surface area contributed by atoms with E-state index >= 15 is 0 Å². The summed E-state index contributed by atoms with van der Waals surface area (Å²) in [5.41, 5.74) is -6.71. The predicted octanol–water partition coefficient (Wildman–Crippen LogP) is 11.5. The van der Waals surface area contributed by atoms with Gasteiger partial charge in [0.05, 0.1) is 70.3 Å². The molecule has 0 spiro atoms. The van der Waals surface area contributed by atoms with E-state index in [0.717, 1.165) is 9.13 Å². The number of fused-ring (bicyclic) bond motifs is 8. The highest BCUT2D eigenvalue weighted by Gasteiger charge is 2.22. The van der Waals surface area contributed by atoms with E-state index in [-0.39, 0.29) is 5.56 Å². The second-order valence-electron chi connectivity index (χ2n) is 10.6. The highest BCUT2D eigenvalue weighted by atomic mass is 15.2. The van der Waals surface area contributed by atoms with Crippen LogP contribution in [0.2, 0.25) is 0 Å². The molecular weight excluding hydrogens is 597 g/mol. The molecule has 0 unspecified atom stereocenters. The van der Waals surface area contributed by atoms with Crippen LogP contribution in [0.25, 0.3) is 88.5 Å². The van der Waals surface area contributed by atoms with Crippen LogP contribution in [-0.4, -0.2) is 19.1 Å². The van der Waals surface area contributed by atoms with Crippen molar-refractivity contribution in [1.29, 1.82) is 0 Å². The molecule has 0 saturated heterocycles. The molecule has 3 heterocycles. The monoisotopic (exact) mass is 653 g/mol. The number of benzene rings is 7. The molecule has 49 heavy (non-hydrogen) atoms. The largest absolute Gasteiger partial charge is 0.309 e. The van der Waals surface area contributed by atoms with Crippen LogP contribution in [0.5, 0.6) is 0 Å². The number of nitrogens with zero attached hydrogens (tertiary/aromatic N) is 4. The van der Waals surface area contributed by atoms with E-state index in [4.69, 9.17) is 24.7 Å². The van der Waals surface area contributed by atoms with Gasteiger partial charge in [-0.05, 0) is 60.3 Å². The van der Waals surface area contributed by atoms with Crippen LogP contribution in [-0.2, 0) is 0 Å². The molecule has 0 radical (unpaired) electrons. The Morgan fingerprint density at radius 3 is 1.61 bits per heavy atom. The van der Waals surface area contributed by atoms with Crippen LogP contribution in [0.1, 0.15) is 42.6 Å². The van der Waals surface area contributed by atoms with Crippen LogP contribution >= 0.6 is 0 Å². The molecule has 7 aromatic carbocycles. The first-order valence-corrected chi connectivity index (χ1v) is 14.5. The fourth-order valence-electron chi connectivity index (χ4n) is 5.79. The zero-order valence-electron chi connectivity index (χ0n) is 51.8. The summed E-state index contributed by atoms with van der Waals surface area (Å²) < 4.78 is 243. The maximum Gasteiger partial charge on any atom is 0.235 e. The van der Waals surface area contributed by atoms with Crippen molar-refractivity contribution in [2.75, 3.05) is 0 Å². The zero-order valence-corrected chi connectivity index (χ0v) is 24.8. The van der Waals surface area contributed by atoms with Gasteiger partial charge in [-0.1, -0.05) is 126 Å². The van der Waals surface area contributed by atoms with Crippen LogP contribution in [0.3, 0.4) is 0 Å². The Morgan fingerprint density at radius 2 is 0.939 bits per heavy atom. The van der Waals surface area contributed by atoms with Gasteiger partial charge in [0, 0.05) is 38.2 Å². The van der Waals surface area contributed by atoms with Crippen molar-refractivity contribution in [1.82, 2.24) is 19.1 Å². The third-order valence-electron chi connectivity index (χ3n) is 7.85. The molecule has 4 nitrogen and oxygen atoms in total. The first-order chi connectivity index (χ1) is 35.5. The number of aromatic nitrogens is 4. The molecule has 0 bridgehead atoms. The molecule has 0 N–H and O–H groups in total. The molecule has 0 aliphatic rings. The van der Waals surface area contributed by atoms with Crippen molar-refractivity contribution >= 4 is 54.5 Å². The Bertz CT molecular complexity index is 4360. The van der Waals surface area contributed by atoms with Gasteiger partial charge in [-0.15, -0.1) is 0 Å². The van der Waals surface area contributed by atoms with Crippen LogP contribution in [0.4, 0.5) is 0 Å². The second kappa shape index (κ2) is 10.8.